The van der Waals surface area contributed by atoms with Crippen LogP contribution in [0.5, 0.6) is 0 Å². The van der Waals surface area contributed by atoms with Crippen molar-refractivity contribution in [2.75, 3.05) is 13.2 Å². The van der Waals surface area contributed by atoms with Gasteiger partial charge in [0, 0.05) is 0 Å². The number of carboxylic acids is 1. The van der Waals surface area contributed by atoms with E-state index in [1.807, 2.05) is 0 Å². The first-order chi connectivity index (χ1) is 10.0. The van der Waals surface area contributed by atoms with Crippen molar-refractivity contribution in [1.82, 2.24) is 0 Å². The third-order valence-corrected chi connectivity index (χ3v) is 2.92. The van der Waals surface area contributed by atoms with E-state index < -0.39 is 30.6 Å². The summed E-state index contributed by atoms with van der Waals surface area (Å²) >= 11 is 0. The quantitative estimate of drug-likeness (QED) is 0.287. The zero-order chi connectivity index (χ0) is 16.1. The van der Waals surface area contributed by atoms with Crippen LogP contribution in [-0.2, 0) is 14.3 Å². The van der Waals surface area contributed by atoms with E-state index in [0.29, 0.717) is 0 Å². The lowest BCUT2D eigenvalue weighted by Gasteiger charge is -2.12. The number of aliphatic hydroxyl groups is 2. The van der Waals surface area contributed by atoms with Gasteiger partial charge < -0.3 is 20.1 Å². The number of hydrogen-bond acceptors (Lipinski definition) is 5. The maximum atomic E-state index is 11.7. The van der Waals surface area contributed by atoms with E-state index in [9.17, 15) is 9.59 Å². The Morgan fingerprint density at radius 1 is 1.24 bits per heavy atom. The van der Waals surface area contributed by atoms with Crippen molar-refractivity contribution in [2.24, 2.45) is 5.92 Å². The largest absolute Gasteiger partial charge is 0.481 e. The number of carbonyl (C=O) groups is 2. The summed E-state index contributed by atoms with van der Waals surface area (Å²) in [7, 11) is 0. The average Bonchev–Trinajstić information content (AvgIpc) is 2.46. The molecular weight excluding hydrogens is 276 g/mol. The maximum absolute atomic E-state index is 11.7. The molecule has 21 heavy (non-hydrogen) atoms. The van der Waals surface area contributed by atoms with Crippen molar-refractivity contribution in [2.45, 2.75) is 51.6 Å². The van der Waals surface area contributed by atoms with Gasteiger partial charge in [-0.15, -0.1) is 0 Å². The van der Waals surface area contributed by atoms with Gasteiger partial charge in [0.15, 0.2) is 0 Å². The monoisotopic (exact) mass is 302 g/mol. The number of ether oxygens (including phenoxy) is 1. The van der Waals surface area contributed by atoms with Crippen LogP contribution in [0.25, 0.3) is 0 Å². The third-order valence-electron chi connectivity index (χ3n) is 2.92. The molecule has 0 spiro atoms. The van der Waals surface area contributed by atoms with Gasteiger partial charge in [-0.2, -0.15) is 0 Å². The van der Waals surface area contributed by atoms with Crippen LogP contribution >= 0.6 is 0 Å². The van der Waals surface area contributed by atoms with E-state index in [1.54, 1.807) is 12.2 Å². The number of rotatable bonds is 12. The van der Waals surface area contributed by atoms with Gasteiger partial charge in [0.2, 0.25) is 0 Å². The Labute approximate surface area is 125 Å². The van der Waals surface area contributed by atoms with Gasteiger partial charge in [0.1, 0.15) is 12.7 Å². The molecule has 0 fully saturated rings. The molecule has 6 nitrogen and oxygen atoms in total. The van der Waals surface area contributed by atoms with E-state index >= 15 is 0 Å². The molecule has 0 rings (SSSR count). The van der Waals surface area contributed by atoms with Crippen LogP contribution in [0.2, 0.25) is 0 Å². The van der Waals surface area contributed by atoms with Crippen molar-refractivity contribution < 1.29 is 29.6 Å². The number of aliphatic hydroxyl groups excluding tert-OH is 2. The zero-order valence-corrected chi connectivity index (χ0v) is 12.5. The Bertz CT molecular complexity index is 326. The van der Waals surface area contributed by atoms with Crippen LogP contribution in [0.3, 0.4) is 0 Å². The van der Waals surface area contributed by atoms with Crippen LogP contribution in [0.4, 0.5) is 0 Å². The number of unbranched alkanes of at least 4 members (excludes halogenated alkanes) is 4. The number of hydrogen-bond donors (Lipinski definition) is 3. The summed E-state index contributed by atoms with van der Waals surface area (Å²) in [6, 6.07) is 0. The molecule has 0 aliphatic carbocycles. The Morgan fingerprint density at radius 3 is 2.52 bits per heavy atom. The third kappa shape index (κ3) is 11.0. The molecule has 0 radical (unpaired) electrons. The molecule has 0 aliphatic rings. The van der Waals surface area contributed by atoms with E-state index in [2.05, 4.69) is 6.92 Å². The van der Waals surface area contributed by atoms with Gasteiger partial charge >= 0.3 is 11.9 Å². The smallest absolute Gasteiger partial charge is 0.313 e. The number of esters is 1. The molecule has 0 aliphatic heterocycles. The van der Waals surface area contributed by atoms with E-state index in [0.717, 1.165) is 32.1 Å². The summed E-state index contributed by atoms with van der Waals surface area (Å²) in [5.74, 6) is -2.65. The first-order valence-electron chi connectivity index (χ1n) is 7.35. The van der Waals surface area contributed by atoms with Crippen LogP contribution in [0.1, 0.15) is 45.4 Å². The lowest BCUT2D eigenvalue weighted by atomic mass is 10.0. The molecule has 2 unspecified atom stereocenters. The van der Waals surface area contributed by atoms with Crippen LogP contribution in [0, 0.1) is 5.92 Å². The Hall–Kier alpha value is -1.40. The SMILES string of the molecule is CCCCCC/C=C/C(CC(=O)O)C(=O)OCC(O)CO. The summed E-state index contributed by atoms with van der Waals surface area (Å²) in [4.78, 5) is 22.5. The molecular formula is C15H26O6. The van der Waals surface area contributed by atoms with E-state index in [1.165, 1.54) is 0 Å². The second-order valence-corrected chi connectivity index (χ2v) is 4.95. The van der Waals surface area contributed by atoms with E-state index in [4.69, 9.17) is 20.1 Å². The fraction of sp³-hybridized carbons (Fsp3) is 0.733. The van der Waals surface area contributed by atoms with Crippen molar-refractivity contribution in [3.8, 4) is 0 Å². The number of aliphatic carboxylic acids is 1. The molecule has 0 aromatic heterocycles. The number of carbonyl (C=O) groups excluding carboxylic acids is 1. The highest BCUT2D eigenvalue weighted by atomic mass is 16.5. The molecule has 0 heterocycles. The highest BCUT2D eigenvalue weighted by Gasteiger charge is 2.21. The van der Waals surface area contributed by atoms with Crippen LogP contribution in [-0.4, -0.2) is 46.6 Å². The van der Waals surface area contributed by atoms with Crippen molar-refractivity contribution in [3.63, 3.8) is 0 Å². The van der Waals surface area contributed by atoms with Crippen molar-refractivity contribution in [1.29, 1.82) is 0 Å². The number of carboxylic acid groups (broad SMARTS) is 1. The van der Waals surface area contributed by atoms with Gasteiger partial charge in [0.05, 0.1) is 18.9 Å². The summed E-state index contributed by atoms with van der Waals surface area (Å²) in [5, 5.41) is 26.5. The van der Waals surface area contributed by atoms with Crippen molar-refractivity contribution >= 4 is 11.9 Å². The Morgan fingerprint density at radius 2 is 1.95 bits per heavy atom. The standard InChI is InChI=1S/C15H26O6/c1-2-3-4-5-6-7-8-12(9-14(18)19)15(20)21-11-13(17)10-16/h7-8,12-13,16-17H,2-6,9-11H2,1H3,(H,18,19)/b8-7+. The lowest BCUT2D eigenvalue weighted by molar-refractivity contribution is -0.154. The van der Waals surface area contributed by atoms with E-state index in [-0.39, 0.29) is 13.0 Å². The fourth-order valence-electron chi connectivity index (χ4n) is 1.71. The minimum Gasteiger partial charge on any atom is -0.481 e. The maximum Gasteiger partial charge on any atom is 0.313 e. The normalized spacial score (nSPS) is 14.0. The van der Waals surface area contributed by atoms with Crippen LogP contribution < -0.4 is 0 Å². The summed E-state index contributed by atoms with van der Waals surface area (Å²) in [6.45, 7) is 1.27. The van der Waals surface area contributed by atoms with Gasteiger partial charge in [-0.25, -0.2) is 0 Å². The molecule has 6 heteroatoms. The first kappa shape index (κ1) is 19.6. The summed E-state index contributed by atoms with van der Waals surface area (Å²) < 4.78 is 4.79. The molecule has 0 amide bonds. The van der Waals surface area contributed by atoms with Gasteiger partial charge in [-0.1, -0.05) is 38.3 Å². The predicted octanol–water partition coefficient (Wildman–Crippen LogP) is 1.50. The second kappa shape index (κ2) is 12.3. The summed E-state index contributed by atoms with van der Waals surface area (Å²) in [5.41, 5.74) is 0. The minimum absolute atomic E-state index is 0.338. The molecule has 0 saturated heterocycles. The minimum atomic E-state index is -1.14. The van der Waals surface area contributed by atoms with Gasteiger partial charge in [-0.3, -0.25) is 9.59 Å². The highest BCUT2D eigenvalue weighted by Crippen LogP contribution is 2.11. The Balaban J connectivity index is 4.26. The average molecular weight is 302 g/mol. The number of allylic oxidation sites excluding steroid dienone is 1. The van der Waals surface area contributed by atoms with Gasteiger partial charge in [0.25, 0.3) is 0 Å². The molecule has 3 N–H and O–H groups in total. The molecule has 0 aromatic carbocycles. The highest BCUT2D eigenvalue weighted by molar-refractivity contribution is 5.80. The van der Waals surface area contributed by atoms with Crippen molar-refractivity contribution in [3.05, 3.63) is 12.2 Å². The molecule has 2 atom stereocenters. The molecule has 0 aromatic rings. The first-order valence-corrected chi connectivity index (χ1v) is 7.35. The lowest BCUT2D eigenvalue weighted by Crippen LogP contribution is -2.26. The second-order valence-electron chi connectivity index (χ2n) is 4.95. The summed E-state index contributed by atoms with van der Waals surface area (Å²) in [6.07, 6.45) is 7.07. The molecule has 0 saturated carbocycles. The topological polar surface area (TPSA) is 104 Å². The fourth-order valence-corrected chi connectivity index (χ4v) is 1.71. The molecule has 0 bridgehead atoms. The van der Waals surface area contributed by atoms with Gasteiger partial charge in [-0.05, 0) is 12.8 Å². The zero-order valence-electron chi connectivity index (χ0n) is 12.5. The molecule has 122 valence electrons. The Kier molecular flexibility index (Phi) is 11.5. The van der Waals surface area contributed by atoms with Crippen LogP contribution in [0.15, 0.2) is 12.2 Å². The predicted molar refractivity (Wildman–Crippen MR) is 77.7 cm³/mol.